The lowest BCUT2D eigenvalue weighted by molar-refractivity contribution is -0.112. The zero-order chi connectivity index (χ0) is 13.2. The SMILES string of the molecule is O=C1C=c2cc(C(=O)NC3CCNCC3)ccc2=N1. The number of nitrogens with zero attached hydrogens (tertiary/aromatic N) is 1. The molecule has 0 saturated carbocycles. The quantitative estimate of drug-likeness (QED) is 0.722. The molecule has 1 saturated heterocycles. The van der Waals surface area contributed by atoms with Crippen LogP contribution in [0.2, 0.25) is 0 Å². The first kappa shape index (κ1) is 12.0. The smallest absolute Gasteiger partial charge is 0.270 e. The van der Waals surface area contributed by atoms with Crippen LogP contribution in [-0.2, 0) is 4.79 Å². The summed E-state index contributed by atoms with van der Waals surface area (Å²) in [6.07, 6.45) is 3.36. The van der Waals surface area contributed by atoms with Gasteiger partial charge < -0.3 is 10.6 Å². The summed E-state index contributed by atoms with van der Waals surface area (Å²) >= 11 is 0. The lowest BCUT2D eigenvalue weighted by atomic mass is 10.1. The number of fused-ring (bicyclic) bond motifs is 1. The summed E-state index contributed by atoms with van der Waals surface area (Å²) in [5.41, 5.74) is 0.582. The van der Waals surface area contributed by atoms with Crippen LogP contribution in [0.5, 0.6) is 0 Å². The number of carbonyl (C=O) groups is 2. The van der Waals surface area contributed by atoms with Crippen molar-refractivity contribution in [2.45, 2.75) is 18.9 Å². The van der Waals surface area contributed by atoms with Crippen LogP contribution in [0.4, 0.5) is 0 Å². The molecule has 2 N–H and O–H groups in total. The Morgan fingerprint density at radius 3 is 2.89 bits per heavy atom. The molecule has 2 aliphatic heterocycles. The van der Waals surface area contributed by atoms with Crippen LogP contribution in [0.3, 0.4) is 0 Å². The van der Waals surface area contributed by atoms with E-state index in [-0.39, 0.29) is 17.9 Å². The van der Waals surface area contributed by atoms with Crippen molar-refractivity contribution in [2.75, 3.05) is 13.1 Å². The second-order valence-corrected chi connectivity index (χ2v) is 4.87. The van der Waals surface area contributed by atoms with Gasteiger partial charge in [-0.2, -0.15) is 0 Å². The summed E-state index contributed by atoms with van der Waals surface area (Å²) in [5, 5.41) is 7.66. The zero-order valence-corrected chi connectivity index (χ0v) is 10.5. The van der Waals surface area contributed by atoms with Crippen molar-refractivity contribution in [3.8, 4) is 0 Å². The fraction of sp³-hybridized carbons (Fsp3) is 0.357. The van der Waals surface area contributed by atoms with Gasteiger partial charge in [0.25, 0.3) is 11.8 Å². The standard InChI is InChI=1S/C14H15N3O2/c18-13-8-10-7-9(1-2-12(10)17-13)14(19)16-11-3-5-15-6-4-11/h1-2,7-8,11,15H,3-6H2,(H,16,19). The molecule has 2 heterocycles. The van der Waals surface area contributed by atoms with E-state index in [0.717, 1.165) is 31.1 Å². The monoisotopic (exact) mass is 257 g/mol. The largest absolute Gasteiger partial charge is 0.349 e. The highest BCUT2D eigenvalue weighted by atomic mass is 16.2. The Morgan fingerprint density at radius 1 is 1.32 bits per heavy atom. The molecular weight excluding hydrogens is 242 g/mol. The van der Waals surface area contributed by atoms with E-state index < -0.39 is 0 Å². The van der Waals surface area contributed by atoms with Gasteiger partial charge in [-0.1, -0.05) is 0 Å². The molecule has 5 heteroatoms. The van der Waals surface area contributed by atoms with Crippen molar-refractivity contribution in [3.05, 3.63) is 34.3 Å². The molecule has 0 atom stereocenters. The lowest BCUT2D eigenvalue weighted by Gasteiger charge is -2.23. The number of carbonyl (C=O) groups excluding carboxylic acids is 2. The van der Waals surface area contributed by atoms with Crippen molar-refractivity contribution < 1.29 is 9.59 Å². The number of hydrogen-bond acceptors (Lipinski definition) is 3. The van der Waals surface area contributed by atoms with Crippen LogP contribution >= 0.6 is 0 Å². The van der Waals surface area contributed by atoms with E-state index in [1.165, 1.54) is 6.08 Å². The average Bonchev–Trinajstić information content (AvgIpc) is 2.78. The molecule has 1 aromatic carbocycles. The van der Waals surface area contributed by atoms with Crippen LogP contribution in [0.15, 0.2) is 23.2 Å². The van der Waals surface area contributed by atoms with Crippen molar-refractivity contribution in [3.63, 3.8) is 0 Å². The van der Waals surface area contributed by atoms with Gasteiger partial charge in [-0.3, -0.25) is 9.59 Å². The van der Waals surface area contributed by atoms with Gasteiger partial charge in [0, 0.05) is 22.9 Å². The third-order valence-corrected chi connectivity index (χ3v) is 3.47. The van der Waals surface area contributed by atoms with Crippen LogP contribution in [0.25, 0.3) is 6.08 Å². The predicted octanol–water partition coefficient (Wildman–Crippen LogP) is -0.891. The fourth-order valence-corrected chi connectivity index (χ4v) is 2.43. The molecule has 0 aromatic heterocycles. The maximum absolute atomic E-state index is 12.1. The minimum Gasteiger partial charge on any atom is -0.349 e. The topological polar surface area (TPSA) is 70.6 Å². The molecule has 2 amide bonds. The first-order chi connectivity index (χ1) is 9.22. The second-order valence-electron chi connectivity index (χ2n) is 4.87. The van der Waals surface area contributed by atoms with Gasteiger partial charge in [-0.15, -0.1) is 0 Å². The molecule has 1 aromatic rings. The number of nitrogens with one attached hydrogen (secondary N) is 2. The Hall–Kier alpha value is -2.01. The van der Waals surface area contributed by atoms with Gasteiger partial charge >= 0.3 is 0 Å². The van der Waals surface area contributed by atoms with Crippen LogP contribution in [-0.4, -0.2) is 30.9 Å². The molecule has 0 aliphatic carbocycles. The van der Waals surface area contributed by atoms with E-state index in [1.807, 2.05) is 0 Å². The minimum atomic E-state index is -0.258. The van der Waals surface area contributed by atoms with E-state index in [0.29, 0.717) is 10.9 Å². The molecule has 1 fully saturated rings. The number of rotatable bonds is 2. The maximum Gasteiger partial charge on any atom is 0.270 e. The van der Waals surface area contributed by atoms with Gasteiger partial charge in [0.05, 0.1) is 5.36 Å². The third kappa shape index (κ3) is 2.56. The molecule has 0 bridgehead atoms. The molecule has 19 heavy (non-hydrogen) atoms. The molecule has 2 aliphatic rings. The molecule has 3 rings (SSSR count). The van der Waals surface area contributed by atoms with E-state index >= 15 is 0 Å². The first-order valence-electron chi connectivity index (χ1n) is 6.48. The first-order valence-corrected chi connectivity index (χ1v) is 6.48. The van der Waals surface area contributed by atoms with Crippen LogP contribution in [0, 0.1) is 0 Å². The van der Waals surface area contributed by atoms with Crippen molar-refractivity contribution in [1.82, 2.24) is 10.6 Å². The molecule has 98 valence electrons. The van der Waals surface area contributed by atoms with Crippen LogP contribution in [0.1, 0.15) is 23.2 Å². The number of piperidine rings is 1. The maximum atomic E-state index is 12.1. The summed E-state index contributed by atoms with van der Waals surface area (Å²) in [7, 11) is 0. The zero-order valence-electron chi connectivity index (χ0n) is 10.5. The molecule has 0 unspecified atom stereocenters. The predicted molar refractivity (Wildman–Crippen MR) is 70.1 cm³/mol. The third-order valence-electron chi connectivity index (χ3n) is 3.47. The number of benzene rings is 1. The van der Waals surface area contributed by atoms with Gasteiger partial charge in [-0.05, 0) is 44.1 Å². The van der Waals surface area contributed by atoms with E-state index in [1.54, 1.807) is 18.2 Å². The lowest BCUT2D eigenvalue weighted by Crippen LogP contribution is -2.43. The molecular formula is C14H15N3O2. The Labute approximate surface area is 110 Å². The van der Waals surface area contributed by atoms with Gasteiger partial charge in [0.2, 0.25) is 0 Å². The van der Waals surface area contributed by atoms with Gasteiger partial charge in [0.1, 0.15) is 0 Å². The molecule has 0 spiro atoms. The summed E-state index contributed by atoms with van der Waals surface area (Å²) in [5.74, 6) is -0.339. The summed E-state index contributed by atoms with van der Waals surface area (Å²) in [6.45, 7) is 1.88. The van der Waals surface area contributed by atoms with Crippen molar-refractivity contribution >= 4 is 17.9 Å². The molecule has 0 radical (unpaired) electrons. The van der Waals surface area contributed by atoms with E-state index in [2.05, 4.69) is 15.6 Å². The average molecular weight is 257 g/mol. The van der Waals surface area contributed by atoms with E-state index in [4.69, 9.17) is 0 Å². The fourth-order valence-electron chi connectivity index (χ4n) is 2.43. The normalized spacial score (nSPS) is 18.4. The Morgan fingerprint density at radius 2 is 2.11 bits per heavy atom. The summed E-state index contributed by atoms with van der Waals surface area (Å²) in [4.78, 5) is 27.1. The van der Waals surface area contributed by atoms with E-state index in [9.17, 15) is 9.59 Å². The number of amides is 2. The van der Waals surface area contributed by atoms with Crippen molar-refractivity contribution in [2.24, 2.45) is 4.99 Å². The summed E-state index contributed by atoms with van der Waals surface area (Å²) < 4.78 is 0. The van der Waals surface area contributed by atoms with Crippen LogP contribution < -0.4 is 21.2 Å². The second kappa shape index (κ2) is 4.93. The van der Waals surface area contributed by atoms with Gasteiger partial charge in [0.15, 0.2) is 0 Å². The minimum absolute atomic E-state index is 0.0811. The molecule has 5 nitrogen and oxygen atoms in total. The summed E-state index contributed by atoms with van der Waals surface area (Å²) in [6, 6.07) is 5.39. The highest BCUT2D eigenvalue weighted by molar-refractivity contribution is 6.06. The Bertz CT molecular complexity index is 645. The number of hydrogen-bond donors (Lipinski definition) is 2. The Balaban J connectivity index is 1.78. The highest BCUT2D eigenvalue weighted by Gasteiger charge is 2.16. The van der Waals surface area contributed by atoms with Crippen molar-refractivity contribution in [1.29, 1.82) is 0 Å². The highest BCUT2D eigenvalue weighted by Crippen LogP contribution is 2.04. The van der Waals surface area contributed by atoms with Gasteiger partial charge in [-0.25, -0.2) is 4.99 Å². The Kier molecular flexibility index (Phi) is 3.13.